The molecule has 1 fully saturated rings. The summed E-state index contributed by atoms with van der Waals surface area (Å²) in [7, 11) is 1.82. The highest BCUT2D eigenvalue weighted by Crippen LogP contribution is 2.28. The molecule has 0 saturated carbocycles. The molecule has 2 atom stereocenters. The fraction of sp³-hybridized carbons (Fsp3) is 0.370. The SMILES string of the molecule is CC(=O)C(=O)c1cn(C)c2cc(C)c(C(=O)N3C[C@H](C)N(Cc4ccc(F)cc4)C[C@H]3C)cc12. The summed E-state index contributed by atoms with van der Waals surface area (Å²) in [6.07, 6.45) is 1.65. The van der Waals surface area contributed by atoms with Gasteiger partial charge in [-0.3, -0.25) is 19.3 Å². The van der Waals surface area contributed by atoms with Crippen LogP contribution in [0.5, 0.6) is 0 Å². The number of Topliss-reactive ketones (excluding diaryl/α,β-unsaturated/α-hetero) is 2. The molecule has 1 aromatic heterocycles. The summed E-state index contributed by atoms with van der Waals surface area (Å²) in [5.74, 6) is -1.41. The monoisotopic (exact) mass is 463 g/mol. The molecule has 0 bridgehead atoms. The number of amides is 1. The summed E-state index contributed by atoms with van der Waals surface area (Å²) in [6.45, 7) is 9.23. The predicted molar refractivity (Wildman–Crippen MR) is 129 cm³/mol. The molecule has 0 N–H and O–H groups in total. The van der Waals surface area contributed by atoms with Gasteiger partial charge in [-0.1, -0.05) is 12.1 Å². The van der Waals surface area contributed by atoms with E-state index < -0.39 is 11.6 Å². The number of carbonyl (C=O) groups excluding carboxylic acids is 3. The molecule has 0 unspecified atom stereocenters. The molecule has 34 heavy (non-hydrogen) atoms. The average Bonchev–Trinajstić information content (AvgIpc) is 3.11. The largest absolute Gasteiger partial charge is 0.350 e. The van der Waals surface area contributed by atoms with Crippen molar-refractivity contribution in [2.45, 2.75) is 46.3 Å². The van der Waals surface area contributed by atoms with Crippen molar-refractivity contribution >= 4 is 28.4 Å². The van der Waals surface area contributed by atoms with Gasteiger partial charge in [-0.05, 0) is 56.2 Å². The summed E-state index contributed by atoms with van der Waals surface area (Å²) in [4.78, 5) is 42.0. The molecule has 1 aliphatic rings. The van der Waals surface area contributed by atoms with Gasteiger partial charge in [0.25, 0.3) is 5.91 Å². The molecule has 4 rings (SSSR count). The second-order valence-corrected chi connectivity index (χ2v) is 9.43. The van der Waals surface area contributed by atoms with Gasteiger partial charge in [-0.15, -0.1) is 0 Å². The number of benzene rings is 2. The van der Waals surface area contributed by atoms with Crippen LogP contribution in [0.15, 0.2) is 42.6 Å². The van der Waals surface area contributed by atoms with Crippen LogP contribution in [-0.4, -0.2) is 57.0 Å². The molecule has 2 heterocycles. The van der Waals surface area contributed by atoms with E-state index in [0.29, 0.717) is 36.1 Å². The molecule has 0 spiro atoms. The van der Waals surface area contributed by atoms with Crippen molar-refractivity contribution in [3.8, 4) is 0 Å². The van der Waals surface area contributed by atoms with Crippen molar-refractivity contribution in [1.82, 2.24) is 14.4 Å². The molecule has 6 nitrogen and oxygen atoms in total. The number of piperazine rings is 1. The molecule has 0 radical (unpaired) electrons. The number of aryl methyl sites for hydroxylation is 2. The van der Waals surface area contributed by atoms with Crippen molar-refractivity contribution < 1.29 is 18.8 Å². The first-order valence-electron chi connectivity index (χ1n) is 11.5. The highest BCUT2D eigenvalue weighted by molar-refractivity contribution is 6.45. The van der Waals surface area contributed by atoms with Gasteiger partial charge >= 0.3 is 0 Å². The molecule has 178 valence electrons. The van der Waals surface area contributed by atoms with Crippen LogP contribution in [-0.2, 0) is 18.4 Å². The minimum Gasteiger partial charge on any atom is -0.350 e. The highest BCUT2D eigenvalue weighted by Gasteiger charge is 2.33. The topological polar surface area (TPSA) is 62.6 Å². The Bertz CT molecular complexity index is 1280. The summed E-state index contributed by atoms with van der Waals surface area (Å²) in [6, 6.07) is 10.3. The minimum atomic E-state index is -0.552. The van der Waals surface area contributed by atoms with Crippen LogP contribution in [0, 0.1) is 12.7 Å². The third kappa shape index (κ3) is 4.40. The normalized spacial score (nSPS) is 18.9. The smallest absolute Gasteiger partial charge is 0.254 e. The third-order valence-electron chi connectivity index (χ3n) is 6.81. The van der Waals surface area contributed by atoms with E-state index in [9.17, 15) is 18.8 Å². The van der Waals surface area contributed by atoms with Gasteiger partial charge in [0.1, 0.15) is 5.82 Å². The van der Waals surface area contributed by atoms with Crippen LogP contribution in [0.4, 0.5) is 4.39 Å². The van der Waals surface area contributed by atoms with E-state index in [2.05, 4.69) is 11.8 Å². The van der Waals surface area contributed by atoms with E-state index in [4.69, 9.17) is 0 Å². The Morgan fingerprint density at radius 1 is 1.00 bits per heavy atom. The fourth-order valence-corrected chi connectivity index (χ4v) is 4.81. The lowest BCUT2D eigenvalue weighted by Crippen LogP contribution is -2.57. The van der Waals surface area contributed by atoms with Crippen LogP contribution in [0.2, 0.25) is 0 Å². The Morgan fingerprint density at radius 3 is 2.32 bits per heavy atom. The molecule has 2 aromatic carbocycles. The Balaban J connectivity index is 1.60. The van der Waals surface area contributed by atoms with E-state index in [1.807, 2.05) is 36.4 Å². The first-order chi connectivity index (χ1) is 16.1. The zero-order chi connectivity index (χ0) is 24.7. The number of halogens is 1. The number of hydrogen-bond donors (Lipinski definition) is 0. The molecular weight excluding hydrogens is 433 g/mol. The number of ketones is 2. The van der Waals surface area contributed by atoms with Crippen molar-refractivity contribution in [2.75, 3.05) is 13.1 Å². The zero-order valence-corrected chi connectivity index (χ0v) is 20.3. The van der Waals surface area contributed by atoms with Gasteiger partial charge in [0.05, 0.1) is 5.56 Å². The molecule has 1 saturated heterocycles. The van der Waals surface area contributed by atoms with Gasteiger partial charge in [0, 0.05) is 68.4 Å². The quantitative estimate of drug-likeness (QED) is 0.422. The van der Waals surface area contributed by atoms with Crippen LogP contribution < -0.4 is 0 Å². The lowest BCUT2D eigenvalue weighted by molar-refractivity contribution is -0.113. The lowest BCUT2D eigenvalue weighted by Gasteiger charge is -2.44. The standard InChI is InChI=1S/C27H30FN3O3/c1-16-10-25-23(24(15-29(25)5)26(33)19(4)32)11-22(16)27(34)31-13-17(2)30(12-18(31)3)14-20-6-8-21(28)9-7-20/h6-11,15,17-18H,12-14H2,1-5H3/t17-,18+/m0/s1. The van der Waals surface area contributed by atoms with Crippen LogP contribution in [0.1, 0.15) is 52.6 Å². The Hall–Kier alpha value is -3.32. The fourth-order valence-electron chi connectivity index (χ4n) is 4.81. The maximum absolute atomic E-state index is 13.7. The second-order valence-electron chi connectivity index (χ2n) is 9.43. The van der Waals surface area contributed by atoms with Gasteiger partial charge in [-0.2, -0.15) is 0 Å². The number of rotatable bonds is 5. The summed E-state index contributed by atoms with van der Waals surface area (Å²) in [5, 5.41) is 0.618. The van der Waals surface area contributed by atoms with Gasteiger partial charge in [0.2, 0.25) is 5.78 Å². The van der Waals surface area contributed by atoms with E-state index in [1.165, 1.54) is 19.1 Å². The Morgan fingerprint density at radius 2 is 1.68 bits per heavy atom. The van der Waals surface area contributed by atoms with Gasteiger partial charge in [-0.25, -0.2) is 4.39 Å². The number of nitrogens with zero attached hydrogens (tertiary/aromatic N) is 3. The number of aromatic nitrogens is 1. The number of hydrogen-bond acceptors (Lipinski definition) is 4. The van der Waals surface area contributed by atoms with Crippen molar-refractivity contribution in [3.63, 3.8) is 0 Å². The Labute approximate surface area is 198 Å². The van der Waals surface area contributed by atoms with Crippen LogP contribution >= 0.6 is 0 Å². The average molecular weight is 464 g/mol. The first kappa shape index (κ1) is 23.8. The van der Waals surface area contributed by atoms with Crippen LogP contribution in [0.3, 0.4) is 0 Å². The number of carbonyl (C=O) groups is 3. The van der Waals surface area contributed by atoms with E-state index in [-0.39, 0.29) is 23.8 Å². The second kappa shape index (κ2) is 9.14. The molecule has 0 aliphatic carbocycles. The predicted octanol–water partition coefficient (Wildman–Crippen LogP) is 4.13. The number of fused-ring (bicyclic) bond motifs is 1. The lowest BCUT2D eigenvalue weighted by atomic mass is 9.99. The van der Waals surface area contributed by atoms with Crippen molar-refractivity contribution in [3.05, 3.63) is 70.7 Å². The summed E-state index contributed by atoms with van der Waals surface area (Å²) >= 11 is 0. The maximum atomic E-state index is 13.7. The molecule has 7 heteroatoms. The molecule has 3 aromatic rings. The minimum absolute atomic E-state index is 0.0201. The first-order valence-corrected chi connectivity index (χ1v) is 11.5. The summed E-state index contributed by atoms with van der Waals surface area (Å²) in [5.41, 5.74) is 3.54. The van der Waals surface area contributed by atoms with E-state index in [1.54, 1.807) is 24.4 Å². The summed E-state index contributed by atoms with van der Waals surface area (Å²) < 4.78 is 15.1. The molecular formula is C27H30FN3O3. The van der Waals surface area contributed by atoms with Crippen LogP contribution in [0.25, 0.3) is 10.9 Å². The molecule has 1 aliphatic heterocycles. The van der Waals surface area contributed by atoms with E-state index in [0.717, 1.165) is 16.6 Å². The maximum Gasteiger partial charge on any atom is 0.254 e. The van der Waals surface area contributed by atoms with Gasteiger partial charge < -0.3 is 9.47 Å². The van der Waals surface area contributed by atoms with Crippen molar-refractivity contribution in [1.29, 1.82) is 0 Å². The van der Waals surface area contributed by atoms with Crippen molar-refractivity contribution in [2.24, 2.45) is 7.05 Å². The third-order valence-corrected chi connectivity index (χ3v) is 6.81. The van der Waals surface area contributed by atoms with Gasteiger partial charge in [0.15, 0.2) is 5.78 Å². The molecule has 1 amide bonds. The zero-order valence-electron chi connectivity index (χ0n) is 20.3. The van der Waals surface area contributed by atoms with E-state index >= 15 is 0 Å². The Kier molecular flexibility index (Phi) is 6.41. The highest BCUT2D eigenvalue weighted by atomic mass is 19.1.